The zero-order valence-corrected chi connectivity index (χ0v) is 16.2. The molecule has 1 unspecified atom stereocenters. The van der Waals surface area contributed by atoms with Crippen LogP contribution in [-0.2, 0) is 14.3 Å². The van der Waals surface area contributed by atoms with E-state index in [0.29, 0.717) is 16.8 Å². The monoisotopic (exact) mass is 381 g/mol. The second kappa shape index (κ2) is 9.60. The van der Waals surface area contributed by atoms with Crippen LogP contribution < -0.4 is 5.32 Å². The van der Waals surface area contributed by atoms with Gasteiger partial charge in [-0.3, -0.25) is 19.2 Å². The summed E-state index contributed by atoms with van der Waals surface area (Å²) in [6, 6.07) is 13.5. The summed E-state index contributed by atoms with van der Waals surface area (Å²) in [5, 5.41) is 2.65. The molecule has 0 fully saturated rings. The smallest absolute Gasteiger partial charge is 0.307 e. The normalized spacial score (nSPS) is 11.4. The molecular weight excluding hydrogens is 358 g/mol. The number of carbonyl (C=O) groups excluding carboxylic acids is 4. The first kappa shape index (κ1) is 21.0. The van der Waals surface area contributed by atoms with Gasteiger partial charge in [0.1, 0.15) is 0 Å². The standard InChI is InChI=1S/C22H23NO5/c1-14-4-6-18(7-5-14)22(27)16(3)28-21(26)13-12-20(25)23-19-10-8-17(9-11-19)15(2)24/h4-11,16H,12-13H2,1-3H3,(H,23,25). The van der Waals surface area contributed by atoms with E-state index in [9.17, 15) is 19.2 Å². The Kier molecular flexibility index (Phi) is 7.21. The number of rotatable bonds is 8. The lowest BCUT2D eigenvalue weighted by atomic mass is 10.1. The van der Waals surface area contributed by atoms with Gasteiger partial charge in [0.05, 0.1) is 6.42 Å². The maximum atomic E-state index is 12.3. The Morgan fingerprint density at radius 2 is 1.46 bits per heavy atom. The van der Waals surface area contributed by atoms with Crippen LogP contribution in [-0.4, -0.2) is 29.5 Å². The molecule has 0 spiro atoms. The molecule has 0 saturated carbocycles. The first-order chi connectivity index (χ1) is 13.3. The van der Waals surface area contributed by atoms with Crippen molar-refractivity contribution in [2.45, 2.75) is 39.7 Å². The first-order valence-corrected chi connectivity index (χ1v) is 8.97. The van der Waals surface area contributed by atoms with Gasteiger partial charge in [-0.2, -0.15) is 0 Å². The summed E-state index contributed by atoms with van der Waals surface area (Å²) in [5.41, 5.74) is 2.58. The van der Waals surface area contributed by atoms with Crippen molar-refractivity contribution in [2.24, 2.45) is 0 Å². The molecule has 2 rings (SSSR count). The second-order valence-corrected chi connectivity index (χ2v) is 6.54. The highest BCUT2D eigenvalue weighted by molar-refractivity contribution is 6.00. The topological polar surface area (TPSA) is 89.5 Å². The molecule has 6 nitrogen and oxygen atoms in total. The minimum absolute atomic E-state index is 0.0603. The van der Waals surface area contributed by atoms with Crippen LogP contribution in [0.5, 0.6) is 0 Å². The van der Waals surface area contributed by atoms with Crippen LogP contribution in [0.25, 0.3) is 0 Å². The Labute approximate surface area is 163 Å². The average molecular weight is 381 g/mol. The number of anilines is 1. The van der Waals surface area contributed by atoms with Crippen LogP contribution in [0, 0.1) is 6.92 Å². The third-order valence-electron chi connectivity index (χ3n) is 4.14. The number of carbonyl (C=O) groups is 4. The van der Waals surface area contributed by atoms with Crippen LogP contribution in [0.3, 0.4) is 0 Å². The van der Waals surface area contributed by atoms with Crippen LogP contribution in [0.1, 0.15) is 53.0 Å². The molecule has 0 bridgehead atoms. The Hall–Kier alpha value is -3.28. The molecule has 1 amide bonds. The van der Waals surface area contributed by atoms with E-state index in [-0.39, 0.29) is 30.3 Å². The minimum atomic E-state index is -0.919. The quantitative estimate of drug-likeness (QED) is 0.556. The van der Waals surface area contributed by atoms with Crippen molar-refractivity contribution < 1.29 is 23.9 Å². The number of benzene rings is 2. The fourth-order valence-electron chi connectivity index (χ4n) is 2.49. The van der Waals surface area contributed by atoms with Crippen molar-refractivity contribution >= 4 is 29.1 Å². The molecule has 1 atom stereocenters. The van der Waals surface area contributed by atoms with E-state index in [0.717, 1.165) is 5.56 Å². The third kappa shape index (κ3) is 6.16. The molecule has 2 aromatic rings. The molecule has 0 heterocycles. The van der Waals surface area contributed by atoms with Gasteiger partial charge in [-0.1, -0.05) is 29.8 Å². The molecular formula is C22H23NO5. The number of amides is 1. The summed E-state index contributed by atoms with van der Waals surface area (Å²) < 4.78 is 5.13. The Morgan fingerprint density at radius 1 is 0.893 bits per heavy atom. The fraction of sp³-hybridized carbons (Fsp3) is 0.273. The van der Waals surface area contributed by atoms with E-state index < -0.39 is 12.1 Å². The zero-order valence-electron chi connectivity index (χ0n) is 16.2. The van der Waals surface area contributed by atoms with Gasteiger partial charge in [0, 0.05) is 23.2 Å². The average Bonchev–Trinajstić information content (AvgIpc) is 2.67. The lowest BCUT2D eigenvalue weighted by Crippen LogP contribution is -2.25. The van der Waals surface area contributed by atoms with Crippen molar-refractivity contribution in [1.82, 2.24) is 0 Å². The molecule has 28 heavy (non-hydrogen) atoms. The summed E-state index contributed by atoms with van der Waals surface area (Å²) in [7, 11) is 0. The van der Waals surface area contributed by atoms with E-state index in [1.165, 1.54) is 13.8 Å². The van der Waals surface area contributed by atoms with E-state index in [2.05, 4.69) is 5.32 Å². The van der Waals surface area contributed by atoms with Gasteiger partial charge in [-0.05, 0) is 45.0 Å². The number of aryl methyl sites for hydroxylation is 1. The van der Waals surface area contributed by atoms with Crippen molar-refractivity contribution in [1.29, 1.82) is 0 Å². The second-order valence-electron chi connectivity index (χ2n) is 6.54. The highest BCUT2D eigenvalue weighted by Crippen LogP contribution is 2.12. The van der Waals surface area contributed by atoms with Gasteiger partial charge in [0.15, 0.2) is 11.9 Å². The van der Waals surface area contributed by atoms with E-state index in [4.69, 9.17) is 4.74 Å². The number of ketones is 2. The SMILES string of the molecule is CC(=O)c1ccc(NC(=O)CCC(=O)OC(C)C(=O)c2ccc(C)cc2)cc1. The number of nitrogens with one attached hydrogen (secondary N) is 1. The molecule has 0 saturated heterocycles. The number of esters is 1. The molecule has 0 radical (unpaired) electrons. The molecule has 1 N–H and O–H groups in total. The number of Topliss-reactive ketones (excluding diaryl/α,β-unsaturated/α-hetero) is 2. The first-order valence-electron chi connectivity index (χ1n) is 8.97. The lowest BCUT2D eigenvalue weighted by Gasteiger charge is -2.12. The highest BCUT2D eigenvalue weighted by Gasteiger charge is 2.20. The summed E-state index contributed by atoms with van der Waals surface area (Å²) in [6.45, 7) is 4.89. The van der Waals surface area contributed by atoms with Crippen molar-refractivity contribution in [2.75, 3.05) is 5.32 Å². The Morgan fingerprint density at radius 3 is 2.04 bits per heavy atom. The maximum Gasteiger partial charge on any atom is 0.307 e. The van der Waals surface area contributed by atoms with Gasteiger partial charge < -0.3 is 10.1 Å². The molecule has 0 aliphatic heterocycles. The molecule has 6 heteroatoms. The summed E-state index contributed by atoms with van der Waals surface area (Å²) in [5.74, 6) is -1.32. The van der Waals surface area contributed by atoms with Crippen molar-refractivity contribution in [3.63, 3.8) is 0 Å². The van der Waals surface area contributed by atoms with Gasteiger partial charge in [0.25, 0.3) is 0 Å². The lowest BCUT2D eigenvalue weighted by molar-refractivity contribution is -0.147. The summed E-state index contributed by atoms with van der Waals surface area (Å²) >= 11 is 0. The van der Waals surface area contributed by atoms with E-state index in [1.807, 2.05) is 19.1 Å². The van der Waals surface area contributed by atoms with Crippen molar-refractivity contribution in [3.8, 4) is 0 Å². The minimum Gasteiger partial charge on any atom is -0.454 e. The molecule has 146 valence electrons. The highest BCUT2D eigenvalue weighted by atomic mass is 16.5. The molecule has 0 aliphatic carbocycles. The van der Waals surface area contributed by atoms with Gasteiger partial charge in [-0.25, -0.2) is 0 Å². The predicted octanol–water partition coefficient (Wildman–Crippen LogP) is 3.73. The van der Waals surface area contributed by atoms with Crippen LogP contribution in [0.2, 0.25) is 0 Å². The maximum absolute atomic E-state index is 12.3. The van der Waals surface area contributed by atoms with Crippen LogP contribution >= 0.6 is 0 Å². The summed E-state index contributed by atoms with van der Waals surface area (Å²) in [4.78, 5) is 47.4. The molecule has 2 aromatic carbocycles. The Bertz CT molecular complexity index is 869. The summed E-state index contributed by atoms with van der Waals surface area (Å²) in [6.07, 6.45) is -1.13. The number of hydrogen-bond acceptors (Lipinski definition) is 5. The van der Waals surface area contributed by atoms with Gasteiger partial charge >= 0.3 is 5.97 Å². The number of ether oxygens (including phenoxy) is 1. The van der Waals surface area contributed by atoms with Crippen LogP contribution in [0.15, 0.2) is 48.5 Å². The number of hydrogen-bond donors (Lipinski definition) is 1. The van der Waals surface area contributed by atoms with Gasteiger partial charge in [-0.15, -0.1) is 0 Å². The van der Waals surface area contributed by atoms with Crippen LogP contribution in [0.4, 0.5) is 5.69 Å². The third-order valence-corrected chi connectivity index (χ3v) is 4.14. The molecule has 0 aromatic heterocycles. The fourth-order valence-corrected chi connectivity index (χ4v) is 2.49. The Balaban J connectivity index is 1.79. The largest absolute Gasteiger partial charge is 0.454 e. The molecule has 0 aliphatic rings. The van der Waals surface area contributed by atoms with E-state index in [1.54, 1.807) is 36.4 Å². The van der Waals surface area contributed by atoms with Gasteiger partial charge in [0.2, 0.25) is 11.7 Å². The van der Waals surface area contributed by atoms with E-state index >= 15 is 0 Å². The van der Waals surface area contributed by atoms with Crippen molar-refractivity contribution in [3.05, 3.63) is 65.2 Å². The zero-order chi connectivity index (χ0) is 20.7. The predicted molar refractivity (Wildman–Crippen MR) is 105 cm³/mol.